The van der Waals surface area contributed by atoms with Crippen LogP contribution in [0.1, 0.15) is 15.9 Å². The van der Waals surface area contributed by atoms with Crippen LogP contribution in [0.4, 0.5) is 5.69 Å². The van der Waals surface area contributed by atoms with Gasteiger partial charge in [0, 0.05) is 16.2 Å². The second-order valence-electron chi connectivity index (χ2n) is 3.99. The van der Waals surface area contributed by atoms with Gasteiger partial charge in [-0.05, 0) is 52.7 Å². The Kier molecular flexibility index (Phi) is 3.67. The molecule has 0 saturated carbocycles. The Morgan fingerprint density at radius 1 is 1.22 bits per heavy atom. The Bertz CT molecular complexity index is 596. The number of halogens is 1. The first kappa shape index (κ1) is 12.6. The van der Waals surface area contributed by atoms with Crippen molar-refractivity contribution in [1.29, 1.82) is 0 Å². The molecule has 0 aromatic heterocycles. The summed E-state index contributed by atoms with van der Waals surface area (Å²) in [4.78, 5) is 12.0. The molecule has 3 nitrogen and oxygen atoms in total. The van der Waals surface area contributed by atoms with Crippen LogP contribution >= 0.6 is 15.9 Å². The molecule has 0 saturated heterocycles. The van der Waals surface area contributed by atoms with Crippen molar-refractivity contribution in [1.82, 2.24) is 0 Å². The molecule has 92 valence electrons. The number of carbonyl (C=O) groups excluding carboxylic acids is 1. The van der Waals surface area contributed by atoms with Gasteiger partial charge in [0.15, 0.2) is 0 Å². The van der Waals surface area contributed by atoms with E-state index in [9.17, 15) is 9.90 Å². The number of hydrogen-bond donors (Lipinski definition) is 2. The molecule has 0 radical (unpaired) electrons. The summed E-state index contributed by atoms with van der Waals surface area (Å²) < 4.78 is 0.750. The van der Waals surface area contributed by atoms with Gasteiger partial charge in [-0.1, -0.05) is 12.1 Å². The first-order valence-corrected chi connectivity index (χ1v) is 6.22. The lowest BCUT2D eigenvalue weighted by molar-refractivity contribution is 0.102. The lowest BCUT2D eigenvalue weighted by Crippen LogP contribution is -2.12. The van der Waals surface area contributed by atoms with Crippen LogP contribution in [-0.4, -0.2) is 11.0 Å². The highest BCUT2D eigenvalue weighted by atomic mass is 79.9. The van der Waals surface area contributed by atoms with E-state index < -0.39 is 0 Å². The summed E-state index contributed by atoms with van der Waals surface area (Å²) in [5, 5.41) is 12.1. The van der Waals surface area contributed by atoms with Gasteiger partial charge in [0.1, 0.15) is 5.75 Å². The second-order valence-corrected chi connectivity index (χ2v) is 4.84. The number of phenols is 1. The maximum absolute atomic E-state index is 12.0. The summed E-state index contributed by atoms with van der Waals surface area (Å²) in [7, 11) is 0. The highest BCUT2D eigenvalue weighted by Gasteiger charge is 2.10. The fraction of sp³-hybridized carbons (Fsp3) is 0.0714. The Labute approximate surface area is 114 Å². The summed E-state index contributed by atoms with van der Waals surface area (Å²) in [6.07, 6.45) is 0. The Hall–Kier alpha value is -1.81. The molecular weight excluding hydrogens is 294 g/mol. The van der Waals surface area contributed by atoms with Crippen molar-refractivity contribution in [2.24, 2.45) is 0 Å². The third-order valence-electron chi connectivity index (χ3n) is 2.47. The fourth-order valence-electron chi connectivity index (χ4n) is 1.59. The van der Waals surface area contributed by atoms with Crippen LogP contribution in [0.3, 0.4) is 0 Å². The van der Waals surface area contributed by atoms with Gasteiger partial charge in [0.05, 0.1) is 5.56 Å². The summed E-state index contributed by atoms with van der Waals surface area (Å²) in [5.74, 6) is -0.0942. The quantitative estimate of drug-likeness (QED) is 0.888. The third kappa shape index (κ3) is 2.90. The van der Waals surface area contributed by atoms with Gasteiger partial charge in [-0.2, -0.15) is 0 Å². The van der Waals surface area contributed by atoms with E-state index in [1.807, 2.05) is 19.1 Å². The maximum Gasteiger partial charge on any atom is 0.256 e. The first-order valence-electron chi connectivity index (χ1n) is 5.43. The highest BCUT2D eigenvalue weighted by Crippen LogP contribution is 2.21. The predicted octanol–water partition coefficient (Wildman–Crippen LogP) is 3.72. The molecule has 1 amide bonds. The van der Waals surface area contributed by atoms with Crippen LogP contribution in [0.5, 0.6) is 5.75 Å². The molecule has 18 heavy (non-hydrogen) atoms. The average molecular weight is 306 g/mol. The molecule has 0 spiro atoms. The van der Waals surface area contributed by atoms with Gasteiger partial charge in [-0.3, -0.25) is 4.79 Å². The summed E-state index contributed by atoms with van der Waals surface area (Å²) >= 11 is 3.37. The van der Waals surface area contributed by atoms with Gasteiger partial charge < -0.3 is 10.4 Å². The van der Waals surface area contributed by atoms with Crippen molar-refractivity contribution in [3.05, 3.63) is 58.1 Å². The predicted molar refractivity (Wildman–Crippen MR) is 74.9 cm³/mol. The molecule has 0 aliphatic heterocycles. The molecule has 0 fully saturated rings. The Morgan fingerprint density at radius 3 is 2.67 bits per heavy atom. The Balaban J connectivity index is 2.22. The molecule has 0 aliphatic rings. The van der Waals surface area contributed by atoms with Crippen molar-refractivity contribution in [2.45, 2.75) is 6.92 Å². The van der Waals surface area contributed by atoms with Gasteiger partial charge in [0.2, 0.25) is 0 Å². The number of benzene rings is 2. The van der Waals surface area contributed by atoms with Gasteiger partial charge in [0.25, 0.3) is 5.91 Å². The zero-order valence-electron chi connectivity index (χ0n) is 9.77. The summed E-state index contributed by atoms with van der Waals surface area (Å²) in [6, 6.07) is 12.0. The van der Waals surface area contributed by atoms with E-state index >= 15 is 0 Å². The number of anilines is 1. The highest BCUT2D eigenvalue weighted by molar-refractivity contribution is 9.10. The normalized spacial score (nSPS) is 10.1. The molecule has 2 aromatic carbocycles. The minimum atomic E-state index is -0.215. The maximum atomic E-state index is 12.0. The topological polar surface area (TPSA) is 49.3 Å². The van der Waals surface area contributed by atoms with Crippen molar-refractivity contribution in [3.63, 3.8) is 0 Å². The molecule has 0 bridgehead atoms. The van der Waals surface area contributed by atoms with Crippen LogP contribution in [0, 0.1) is 6.92 Å². The van der Waals surface area contributed by atoms with Crippen molar-refractivity contribution >= 4 is 27.5 Å². The number of rotatable bonds is 2. The van der Waals surface area contributed by atoms with Gasteiger partial charge in [-0.25, -0.2) is 0 Å². The molecule has 0 heterocycles. The van der Waals surface area contributed by atoms with E-state index in [-0.39, 0.29) is 11.7 Å². The number of carbonyl (C=O) groups is 1. The summed E-state index contributed by atoms with van der Waals surface area (Å²) in [6.45, 7) is 1.96. The summed E-state index contributed by atoms with van der Waals surface area (Å²) in [5.41, 5.74) is 2.20. The molecule has 2 N–H and O–H groups in total. The van der Waals surface area contributed by atoms with E-state index in [4.69, 9.17) is 0 Å². The fourth-order valence-corrected chi connectivity index (χ4v) is 2.26. The molecule has 4 heteroatoms. The van der Waals surface area contributed by atoms with Crippen molar-refractivity contribution in [3.8, 4) is 5.75 Å². The van der Waals surface area contributed by atoms with Crippen LogP contribution in [-0.2, 0) is 0 Å². The molecular formula is C14H12BrNO2. The van der Waals surface area contributed by atoms with Gasteiger partial charge in [-0.15, -0.1) is 0 Å². The number of amides is 1. The number of hydrogen-bond acceptors (Lipinski definition) is 2. The zero-order valence-corrected chi connectivity index (χ0v) is 11.4. The van der Waals surface area contributed by atoms with E-state index in [0.717, 1.165) is 10.0 Å². The number of aryl methyl sites for hydroxylation is 1. The lowest BCUT2D eigenvalue weighted by Gasteiger charge is -2.07. The minimum absolute atomic E-state index is 0.121. The van der Waals surface area contributed by atoms with Crippen LogP contribution in [0.15, 0.2) is 46.9 Å². The van der Waals surface area contributed by atoms with E-state index in [1.54, 1.807) is 24.3 Å². The van der Waals surface area contributed by atoms with Crippen LogP contribution in [0.25, 0.3) is 0 Å². The monoisotopic (exact) mass is 305 g/mol. The van der Waals surface area contributed by atoms with Crippen molar-refractivity contribution < 1.29 is 9.90 Å². The first-order chi connectivity index (χ1) is 8.56. The number of phenolic OH excluding ortho intramolecular Hbond substituents is 1. The van der Waals surface area contributed by atoms with Gasteiger partial charge >= 0.3 is 0 Å². The van der Waals surface area contributed by atoms with Crippen LogP contribution < -0.4 is 5.32 Å². The largest absolute Gasteiger partial charge is 0.508 e. The standard InChI is InChI=1S/C14H12BrNO2/c1-9-5-6-12(13(15)7-9)14(18)16-10-3-2-4-11(17)8-10/h2-8,17H,1H3,(H,16,18). The average Bonchev–Trinajstić information content (AvgIpc) is 2.28. The number of aromatic hydroxyl groups is 1. The molecule has 0 aliphatic carbocycles. The zero-order chi connectivity index (χ0) is 13.1. The van der Waals surface area contributed by atoms with Crippen LogP contribution in [0.2, 0.25) is 0 Å². The molecule has 2 aromatic rings. The van der Waals surface area contributed by atoms with E-state index in [2.05, 4.69) is 21.2 Å². The Morgan fingerprint density at radius 2 is 2.00 bits per heavy atom. The lowest BCUT2D eigenvalue weighted by atomic mass is 10.1. The van der Waals surface area contributed by atoms with Crippen molar-refractivity contribution in [2.75, 3.05) is 5.32 Å². The smallest absolute Gasteiger partial charge is 0.256 e. The molecule has 0 atom stereocenters. The minimum Gasteiger partial charge on any atom is -0.508 e. The SMILES string of the molecule is Cc1ccc(C(=O)Nc2cccc(O)c2)c(Br)c1. The second kappa shape index (κ2) is 5.23. The van der Waals surface area contributed by atoms with E-state index in [0.29, 0.717) is 11.3 Å². The third-order valence-corrected chi connectivity index (χ3v) is 3.13. The van der Waals surface area contributed by atoms with E-state index in [1.165, 1.54) is 6.07 Å². The molecule has 2 rings (SSSR count). The number of nitrogens with one attached hydrogen (secondary N) is 1. The molecule has 0 unspecified atom stereocenters.